The van der Waals surface area contributed by atoms with Gasteiger partial charge in [-0.2, -0.15) is 0 Å². The Balaban J connectivity index is 2.30. The van der Waals surface area contributed by atoms with Gasteiger partial charge in [0.25, 0.3) is 0 Å². The van der Waals surface area contributed by atoms with Crippen molar-refractivity contribution in [3.05, 3.63) is 0 Å². The number of ether oxygens (including phenoxy) is 1. The minimum Gasteiger partial charge on any atom is -0.391 e. The Labute approximate surface area is 80.7 Å². The van der Waals surface area contributed by atoms with Crippen molar-refractivity contribution < 1.29 is 9.84 Å². The molecule has 1 fully saturated rings. The van der Waals surface area contributed by atoms with Gasteiger partial charge in [-0.25, -0.2) is 0 Å². The number of hydrogen-bond acceptors (Lipinski definition) is 3. The highest BCUT2D eigenvalue weighted by Gasteiger charge is 2.25. The van der Waals surface area contributed by atoms with E-state index >= 15 is 0 Å². The van der Waals surface area contributed by atoms with Gasteiger partial charge >= 0.3 is 0 Å². The van der Waals surface area contributed by atoms with Crippen molar-refractivity contribution in [3.8, 4) is 0 Å². The fourth-order valence-corrected chi connectivity index (χ4v) is 2.01. The summed E-state index contributed by atoms with van der Waals surface area (Å²) in [7, 11) is 3.78. The van der Waals surface area contributed by atoms with Crippen LogP contribution in [0.5, 0.6) is 0 Å². The molecule has 0 radical (unpaired) electrons. The standard InChI is InChI=1S/C10H21NO2/c1-11(7-8-13-2)9-5-3-4-6-10(9)12/h9-10,12H,3-8H2,1-2H3/t9-,10-/m1/s1. The zero-order valence-electron chi connectivity index (χ0n) is 8.70. The van der Waals surface area contributed by atoms with Gasteiger partial charge in [0.05, 0.1) is 12.7 Å². The summed E-state index contributed by atoms with van der Waals surface area (Å²) < 4.78 is 5.02. The van der Waals surface area contributed by atoms with Crippen LogP contribution in [-0.2, 0) is 4.74 Å². The number of aliphatic hydroxyl groups is 1. The predicted octanol–water partition coefficient (Wildman–Crippen LogP) is 0.868. The fourth-order valence-electron chi connectivity index (χ4n) is 2.01. The van der Waals surface area contributed by atoms with Gasteiger partial charge in [0.15, 0.2) is 0 Å². The maximum atomic E-state index is 9.76. The van der Waals surface area contributed by atoms with E-state index in [1.807, 2.05) is 0 Å². The van der Waals surface area contributed by atoms with Crippen LogP contribution >= 0.6 is 0 Å². The SMILES string of the molecule is COCCN(C)[C@@H]1CCCC[C@H]1O. The summed E-state index contributed by atoms with van der Waals surface area (Å²) in [4.78, 5) is 2.22. The molecule has 2 atom stereocenters. The zero-order valence-corrected chi connectivity index (χ0v) is 8.70. The summed E-state index contributed by atoms with van der Waals surface area (Å²) in [6.07, 6.45) is 4.38. The van der Waals surface area contributed by atoms with Crippen molar-refractivity contribution in [2.24, 2.45) is 0 Å². The van der Waals surface area contributed by atoms with Gasteiger partial charge in [0.2, 0.25) is 0 Å². The van der Waals surface area contributed by atoms with E-state index < -0.39 is 0 Å². The Bertz CT molecular complexity index is 141. The summed E-state index contributed by atoms with van der Waals surface area (Å²) >= 11 is 0. The Morgan fingerprint density at radius 3 is 2.69 bits per heavy atom. The van der Waals surface area contributed by atoms with Gasteiger partial charge in [-0.3, -0.25) is 4.90 Å². The molecule has 0 aromatic rings. The molecule has 0 heterocycles. The fraction of sp³-hybridized carbons (Fsp3) is 1.00. The highest BCUT2D eigenvalue weighted by molar-refractivity contribution is 4.81. The van der Waals surface area contributed by atoms with E-state index in [1.54, 1.807) is 7.11 Å². The maximum Gasteiger partial charge on any atom is 0.0695 e. The van der Waals surface area contributed by atoms with Crippen molar-refractivity contribution in [2.45, 2.75) is 37.8 Å². The molecule has 0 aliphatic heterocycles. The molecular formula is C10H21NO2. The quantitative estimate of drug-likeness (QED) is 0.709. The minimum atomic E-state index is -0.129. The predicted molar refractivity (Wildman–Crippen MR) is 52.8 cm³/mol. The molecule has 1 N–H and O–H groups in total. The van der Waals surface area contributed by atoms with E-state index in [-0.39, 0.29) is 6.10 Å². The molecule has 3 heteroatoms. The van der Waals surface area contributed by atoms with Crippen LogP contribution in [0, 0.1) is 0 Å². The van der Waals surface area contributed by atoms with Crippen molar-refractivity contribution in [2.75, 3.05) is 27.3 Å². The lowest BCUT2D eigenvalue weighted by atomic mass is 9.92. The van der Waals surface area contributed by atoms with Crippen LogP contribution in [0.15, 0.2) is 0 Å². The highest BCUT2D eigenvalue weighted by Crippen LogP contribution is 2.21. The highest BCUT2D eigenvalue weighted by atomic mass is 16.5. The van der Waals surface area contributed by atoms with Gasteiger partial charge in [-0.1, -0.05) is 12.8 Å². The number of rotatable bonds is 4. The molecule has 3 nitrogen and oxygen atoms in total. The minimum absolute atomic E-state index is 0.129. The van der Waals surface area contributed by atoms with E-state index in [2.05, 4.69) is 11.9 Å². The normalized spacial score (nSPS) is 29.5. The van der Waals surface area contributed by atoms with Gasteiger partial charge in [-0.15, -0.1) is 0 Å². The summed E-state index contributed by atoms with van der Waals surface area (Å²) in [6, 6.07) is 0.351. The van der Waals surface area contributed by atoms with Gasteiger partial charge in [0.1, 0.15) is 0 Å². The second-order valence-electron chi connectivity index (χ2n) is 3.89. The molecule has 13 heavy (non-hydrogen) atoms. The van der Waals surface area contributed by atoms with Crippen LogP contribution < -0.4 is 0 Å². The molecule has 1 saturated carbocycles. The molecule has 0 saturated heterocycles. The lowest BCUT2D eigenvalue weighted by Crippen LogP contribution is -2.44. The molecule has 0 aromatic heterocycles. The van der Waals surface area contributed by atoms with Crippen LogP contribution in [0.2, 0.25) is 0 Å². The van der Waals surface area contributed by atoms with Crippen LogP contribution in [0.4, 0.5) is 0 Å². The monoisotopic (exact) mass is 187 g/mol. The largest absolute Gasteiger partial charge is 0.391 e. The van der Waals surface area contributed by atoms with E-state index in [1.165, 1.54) is 12.8 Å². The lowest BCUT2D eigenvalue weighted by molar-refractivity contribution is 0.0219. The second kappa shape index (κ2) is 5.58. The smallest absolute Gasteiger partial charge is 0.0695 e. The molecule has 1 aliphatic rings. The first-order valence-electron chi connectivity index (χ1n) is 5.13. The maximum absolute atomic E-state index is 9.76. The molecule has 78 valence electrons. The molecule has 0 aromatic carbocycles. The van der Waals surface area contributed by atoms with Crippen molar-refractivity contribution in [1.82, 2.24) is 4.90 Å². The van der Waals surface area contributed by atoms with Crippen LogP contribution in [0.3, 0.4) is 0 Å². The first-order chi connectivity index (χ1) is 6.25. The second-order valence-corrected chi connectivity index (χ2v) is 3.89. The van der Waals surface area contributed by atoms with Gasteiger partial charge in [0, 0.05) is 19.7 Å². The van der Waals surface area contributed by atoms with Gasteiger partial charge < -0.3 is 9.84 Å². The average Bonchev–Trinajstić information content (AvgIpc) is 2.15. The molecule has 0 amide bonds. The van der Waals surface area contributed by atoms with Crippen LogP contribution in [0.25, 0.3) is 0 Å². The number of hydrogen-bond donors (Lipinski definition) is 1. The summed E-state index contributed by atoms with van der Waals surface area (Å²) in [5.41, 5.74) is 0. The van der Waals surface area contributed by atoms with E-state index in [9.17, 15) is 5.11 Å². The first-order valence-corrected chi connectivity index (χ1v) is 5.13. The molecule has 0 bridgehead atoms. The summed E-state index contributed by atoms with van der Waals surface area (Å²) in [5.74, 6) is 0. The lowest BCUT2D eigenvalue weighted by Gasteiger charge is -2.34. The van der Waals surface area contributed by atoms with E-state index in [4.69, 9.17) is 4.74 Å². The Morgan fingerprint density at radius 1 is 1.38 bits per heavy atom. The number of aliphatic hydroxyl groups excluding tert-OH is 1. The summed E-state index contributed by atoms with van der Waals surface area (Å²) in [6.45, 7) is 1.66. The molecule has 1 aliphatic carbocycles. The topological polar surface area (TPSA) is 32.7 Å². The molecule has 0 spiro atoms. The van der Waals surface area contributed by atoms with E-state index in [0.29, 0.717) is 6.04 Å². The molecule has 0 unspecified atom stereocenters. The Hall–Kier alpha value is -0.120. The summed E-state index contributed by atoms with van der Waals surface area (Å²) in [5, 5.41) is 9.76. The zero-order chi connectivity index (χ0) is 9.68. The van der Waals surface area contributed by atoms with Crippen molar-refractivity contribution >= 4 is 0 Å². The van der Waals surface area contributed by atoms with E-state index in [0.717, 1.165) is 26.0 Å². The third-order valence-electron chi connectivity index (χ3n) is 2.91. The number of methoxy groups -OCH3 is 1. The first kappa shape index (κ1) is 11.0. The van der Waals surface area contributed by atoms with Crippen LogP contribution in [0.1, 0.15) is 25.7 Å². The van der Waals surface area contributed by atoms with Crippen LogP contribution in [-0.4, -0.2) is 49.5 Å². The van der Waals surface area contributed by atoms with Gasteiger partial charge in [-0.05, 0) is 19.9 Å². The van der Waals surface area contributed by atoms with Crippen molar-refractivity contribution in [3.63, 3.8) is 0 Å². The Morgan fingerprint density at radius 2 is 2.08 bits per heavy atom. The molecular weight excluding hydrogens is 166 g/mol. The third kappa shape index (κ3) is 3.25. The third-order valence-corrected chi connectivity index (χ3v) is 2.91. The average molecular weight is 187 g/mol. The molecule has 1 rings (SSSR count). The number of nitrogens with zero attached hydrogens (tertiary/aromatic N) is 1. The Kier molecular flexibility index (Phi) is 4.70. The number of likely N-dealkylation sites (N-methyl/N-ethyl adjacent to an activating group) is 1. The van der Waals surface area contributed by atoms with Crippen molar-refractivity contribution in [1.29, 1.82) is 0 Å².